The van der Waals surface area contributed by atoms with Gasteiger partial charge in [0.05, 0.1) is 5.41 Å². The van der Waals surface area contributed by atoms with E-state index >= 15 is 0 Å². The lowest BCUT2D eigenvalue weighted by Gasteiger charge is -2.34. The molecule has 0 saturated carbocycles. The number of rotatable bonds is 3. The molecule has 7 heteroatoms. The minimum Gasteiger partial charge on any atom is -0.369 e. The van der Waals surface area contributed by atoms with Crippen LogP contribution in [0.5, 0.6) is 0 Å². The molecule has 0 amide bonds. The molecule has 0 aliphatic carbocycles. The molecule has 0 N–H and O–H groups in total. The molecule has 1 aliphatic rings. The quantitative estimate of drug-likeness (QED) is 0.777. The molecular formula is C19H18FN3O2S. The molecule has 1 aliphatic heterocycles. The van der Waals surface area contributed by atoms with Gasteiger partial charge in [0.25, 0.3) is 0 Å². The summed E-state index contributed by atoms with van der Waals surface area (Å²) in [5, 5.41) is 1.13. The zero-order chi connectivity index (χ0) is 18.4. The van der Waals surface area contributed by atoms with Gasteiger partial charge in [-0.1, -0.05) is 11.8 Å². The number of pyridine rings is 1. The predicted molar refractivity (Wildman–Crippen MR) is 99.4 cm³/mol. The highest BCUT2D eigenvalue weighted by Gasteiger charge is 2.25. The number of piperazine rings is 1. The Morgan fingerprint density at radius 3 is 2.46 bits per heavy atom. The van der Waals surface area contributed by atoms with E-state index < -0.39 is 10.0 Å². The van der Waals surface area contributed by atoms with E-state index in [1.807, 2.05) is 4.90 Å². The molecule has 26 heavy (non-hydrogen) atoms. The fourth-order valence-corrected chi connectivity index (χ4v) is 3.70. The first-order valence-electron chi connectivity index (χ1n) is 8.13. The van der Waals surface area contributed by atoms with Crippen molar-refractivity contribution >= 4 is 15.7 Å². The van der Waals surface area contributed by atoms with Crippen LogP contribution in [-0.2, 0) is 10.0 Å². The lowest BCUT2D eigenvalue weighted by molar-refractivity contribution is 0.390. The summed E-state index contributed by atoms with van der Waals surface area (Å²) in [6.07, 6.45) is 4.61. The Kier molecular flexibility index (Phi) is 5.66. The van der Waals surface area contributed by atoms with Crippen molar-refractivity contribution in [1.82, 2.24) is 9.29 Å². The van der Waals surface area contributed by atoms with Crippen LogP contribution < -0.4 is 4.90 Å². The van der Waals surface area contributed by atoms with Crippen molar-refractivity contribution in [2.45, 2.75) is 0 Å². The number of anilines is 1. The van der Waals surface area contributed by atoms with Crippen LogP contribution in [0, 0.1) is 17.7 Å². The Morgan fingerprint density at radius 1 is 1.08 bits per heavy atom. The van der Waals surface area contributed by atoms with E-state index in [4.69, 9.17) is 0 Å². The molecule has 1 aromatic carbocycles. The monoisotopic (exact) mass is 371 g/mol. The van der Waals surface area contributed by atoms with Gasteiger partial charge < -0.3 is 4.90 Å². The molecule has 0 radical (unpaired) electrons. The largest absolute Gasteiger partial charge is 0.369 e. The molecule has 5 nitrogen and oxygen atoms in total. The maximum atomic E-state index is 13.0. The normalized spacial score (nSPS) is 15.7. The minimum atomic E-state index is -3.50. The number of sulfonamides is 1. The number of hydrogen-bond acceptors (Lipinski definition) is 4. The molecule has 134 valence electrons. The number of aromatic nitrogens is 1. The van der Waals surface area contributed by atoms with Crippen LogP contribution in [0.4, 0.5) is 10.1 Å². The van der Waals surface area contributed by atoms with Gasteiger partial charge in [-0.2, -0.15) is 4.31 Å². The van der Waals surface area contributed by atoms with Crippen molar-refractivity contribution in [1.29, 1.82) is 0 Å². The molecular weight excluding hydrogens is 353 g/mol. The number of nitrogens with zero attached hydrogens (tertiary/aromatic N) is 3. The minimum absolute atomic E-state index is 0.285. The SMILES string of the molecule is O=S(=O)(/C=C\C#Cc1cccnc1)N1CCN(c2ccc(F)cc2)CC1. The van der Waals surface area contributed by atoms with E-state index in [2.05, 4.69) is 16.8 Å². The highest BCUT2D eigenvalue weighted by molar-refractivity contribution is 7.92. The summed E-state index contributed by atoms with van der Waals surface area (Å²) in [6, 6.07) is 9.78. The van der Waals surface area contributed by atoms with Crippen molar-refractivity contribution < 1.29 is 12.8 Å². The Balaban J connectivity index is 1.58. The molecule has 1 saturated heterocycles. The van der Waals surface area contributed by atoms with Gasteiger partial charge in [-0.05, 0) is 36.4 Å². The third-order valence-electron chi connectivity index (χ3n) is 3.99. The smallest absolute Gasteiger partial charge is 0.236 e. The molecule has 1 aromatic heterocycles. The van der Waals surface area contributed by atoms with E-state index in [0.717, 1.165) is 16.7 Å². The van der Waals surface area contributed by atoms with Crippen molar-refractivity contribution in [3.05, 3.63) is 71.7 Å². The van der Waals surface area contributed by atoms with Gasteiger partial charge in [0.15, 0.2) is 0 Å². The molecule has 3 rings (SSSR count). The fraction of sp³-hybridized carbons (Fsp3) is 0.211. The average Bonchev–Trinajstić information content (AvgIpc) is 2.67. The molecule has 0 atom stereocenters. The third kappa shape index (κ3) is 4.69. The second-order valence-electron chi connectivity index (χ2n) is 5.72. The molecule has 0 spiro atoms. The summed E-state index contributed by atoms with van der Waals surface area (Å²) in [6.45, 7) is 1.86. The van der Waals surface area contributed by atoms with E-state index in [1.54, 1.807) is 36.7 Å². The van der Waals surface area contributed by atoms with Crippen molar-refractivity contribution in [3.8, 4) is 11.8 Å². The van der Waals surface area contributed by atoms with Crippen LogP contribution in [0.2, 0.25) is 0 Å². The van der Waals surface area contributed by atoms with Crippen molar-refractivity contribution in [2.24, 2.45) is 0 Å². The number of allylic oxidation sites excluding steroid dienone is 1. The first-order chi connectivity index (χ1) is 12.5. The standard InChI is InChI=1S/C19H18FN3O2S/c20-18-6-8-19(9-7-18)22-11-13-23(14-12-22)26(24,25)15-2-1-4-17-5-3-10-21-16-17/h2-3,5-10,15-16H,11-14H2/b15-2-. The molecule has 0 bridgehead atoms. The lowest BCUT2D eigenvalue weighted by Crippen LogP contribution is -2.48. The second-order valence-corrected chi connectivity index (χ2v) is 7.54. The van der Waals surface area contributed by atoms with E-state index in [-0.39, 0.29) is 5.82 Å². The van der Waals surface area contributed by atoms with Crippen molar-refractivity contribution in [2.75, 3.05) is 31.1 Å². The maximum Gasteiger partial charge on any atom is 0.236 e. The zero-order valence-corrected chi connectivity index (χ0v) is 14.9. The Hall–Kier alpha value is -2.69. The lowest BCUT2D eigenvalue weighted by atomic mass is 10.2. The molecule has 2 heterocycles. The third-order valence-corrected chi connectivity index (χ3v) is 5.56. The summed E-state index contributed by atoms with van der Waals surface area (Å²) in [4.78, 5) is 5.98. The van der Waals surface area contributed by atoms with Gasteiger partial charge in [-0.3, -0.25) is 4.98 Å². The Morgan fingerprint density at radius 2 is 1.81 bits per heavy atom. The van der Waals surface area contributed by atoms with Crippen LogP contribution >= 0.6 is 0 Å². The fourth-order valence-electron chi connectivity index (χ4n) is 2.62. The van der Waals surface area contributed by atoms with Gasteiger partial charge >= 0.3 is 0 Å². The predicted octanol–water partition coefficient (Wildman–Crippen LogP) is 2.24. The summed E-state index contributed by atoms with van der Waals surface area (Å²) in [7, 11) is -3.50. The van der Waals surface area contributed by atoms with Crippen LogP contribution in [0.1, 0.15) is 5.56 Å². The van der Waals surface area contributed by atoms with E-state index in [9.17, 15) is 12.8 Å². The highest BCUT2D eigenvalue weighted by Crippen LogP contribution is 2.18. The van der Waals surface area contributed by atoms with Crippen LogP contribution in [-0.4, -0.2) is 43.9 Å². The first-order valence-corrected chi connectivity index (χ1v) is 9.64. The zero-order valence-electron chi connectivity index (χ0n) is 14.0. The van der Waals surface area contributed by atoms with Gasteiger partial charge in [0, 0.05) is 55.9 Å². The number of benzene rings is 1. The van der Waals surface area contributed by atoms with Gasteiger partial charge in [0.1, 0.15) is 5.82 Å². The summed E-state index contributed by atoms with van der Waals surface area (Å²) < 4.78 is 39.2. The highest BCUT2D eigenvalue weighted by atomic mass is 32.2. The first kappa shape index (κ1) is 18.1. The summed E-state index contributed by atoms with van der Waals surface area (Å²) in [5.41, 5.74) is 1.61. The average molecular weight is 371 g/mol. The van der Waals surface area contributed by atoms with Crippen LogP contribution in [0.3, 0.4) is 0 Å². The van der Waals surface area contributed by atoms with Gasteiger partial charge in [-0.25, -0.2) is 12.8 Å². The van der Waals surface area contributed by atoms with Crippen molar-refractivity contribution in [3.63, 3.8) is 0 Å². The number of halogens is 1. The molecule has 2 aromatic rings. The van der Waals surface area contributed by atoms with Gasteiger partial charge in [0.2, 0.25) is 10.0 Å². The number of hydrogen-bond donors (Lipinski definition) is 0. The summed E-state index contributed by atoms with van der Waals surface area (Å²) in [5.74, 6) is 5.26. The van der Waals surface area contributed by atoms with Crippen LogP contribution in [0.25, 0.3) is 0 Å². The molecule has 1 fully saturated rings. The van der Waals surface area contributed by atoms with E-state index in [1.165, 1.54) is 22.5 Å². The summed E-state index contributed by atoms with van der Waals surface area (Å²) >= 11 is 0. The Labute approximate surface area is 152 Å². The molecule has 0 unspecified atom stereocenters. The topological polar surface area (TPSA) is 53.5 Å². The van der Waals surface area contributed by atoms with E-state index in [0.29, 0.717) is 26.2 Å². The Bertz CT molecular complexity index is 924. The maximum absolute atomic E-state index is 13.0. The van der Waals surface area contributed by atoms with Gasteiger partial charge in [-0.15, -0.1) is 0 Å². The second kappa shape index (κ2) is 8.13. The van der Waals surface area contributed by atoms with Crippen LogP contribution in [0.15, 0.2) is 60.3 Å².